The lowest BCUT2D eigenvalue weighted by molar-refractivity contribution is -0.125. The van der Waals surface area contributed by atoms with Crippen LogP contribution in [0.5, 0.6) is 0 Å². The second-order valence-electron chi connectivity index (χ2n) is 4.06. The molecule has 7 heteroatoms. The number of nitrogens with two attached hydrogens (primary N) is 1. The molecule has 1 aliphatic heterocycles. The molecular weight excluding hydrogens is 222 g/mol. The molecule has 3 N–H and O–H groups in total. The monoisotopic (exact) mass is 239 g/mol. The van der Waals surface area contributed by atoms with Crippen molar-refractivity contribution in [3.8, 4) is 0 Å². The molecule has 1 amide bonds. The number of carbonyl (C=O) groups is 1. The van der Waals surface area contributed by atoms with E-state index >= 15 is 0 Å². The zero-order valence-electron chi connectivity index (χ0n) is 9.85. The molecule has 94 valence electrons. The van der Waals surface area contributed by atoms with Crippen molar-refractivity contribution in [3.63, 3.8) is 0 Å². The van der Waals surface area contributed by atoms with Crippen molar-refractivity contribution in [3.05, 3.63) is 5.89 Å². The summed E-state index contributed by atoms with van der Waals surface area (Å²) < 4.78 is 5.37. The second kappa shape index (κ2) is 5.13. The molecule has 0 atom stereocenters. The normalized spacial score (nSPS) is 17.2. The largest absolute Gasteiger partial charge is 0.407 e. The lowest BCUT2D eigenvalue weighted by Crippen LogP contribution is -2.39. The van der Waals surface area contributed by atoms with Gasteiger partial charge in [0.2, 0.25) is 11.8 Å². The minimum atomic E-state index is 0.0909. The summed E-state index contributed by atoms with van der Waals surface area (Å²) in [4.78, 5) is 13.5. The summed E-state index contributed by atoms with van der Waals surface area (Å²) in [7, 11) is 1.67. The molecule has 0 spiro atoms. The minimum absolute atomic E-state index is 0.0909. The average Bonchev–Trinajstić information content (AvgIpc) is 2.87. The summed E-state index contributed by atoms with van der Waals surface area (Å²) in [6.07, 6.45) is 1.61. The maximum Gasteiger partial charge on any atom is 0.318 e. The molecule has 1 aromatic heterocycles. The topological polar surface area (TPSA) is 97.3 Å². The molecule has 0 unspecified atom stereocenters. The Morgan fingerprint density at radius 1 is 1.53 bits per heavy atom. The SMILES string of the molecule is CNC(=O)C1CCN(c2nnc(CN)o2)CC1. The first-order valence-corrected chi connectivity index (χ1v) is 5.73. The number of amides is 1. The van der Waals surface area contributed by atoms with E-state index < -0.39 is 0 Å². The van der Waals surface area contributed by atoms with Crippen molar-refractivity contribution < 1.29 is 9.21 Å². The van der Waals surface area contributed by atoms with Crippen molar-refractivity contribution in [1.82, 2.24) is 15.5 Å². The van der Waals surface area contributed by atoms with Gasteiger partial charge in [-0.05, 0) is 12.8 Å². The molecule has 7 nitrogen and oxygen atoms in total. The van der Waals surface area contributed by atoms with E-state index in [0.717, 1.165) is 25.9 Å². The molecule has 1 saturated heterocycles. The number of anilines is 1. The van der Waals surface area contributed by atoms with Crippen LogP contribution in [-0.2, 0) is 11.3 Å². The van der Waals surface area contributed by atoms with Gasteiger partial charge in [0.25, 0.3) is 0 Å². The maximum atomic E-state index is 11.5. The first-order valence-electron chi connectivity index (χ1n) is 5.73. The Morgan fingerprint density at radius 2 is 2.24 bits per heavy atom. The second-order valence-corrected chi connectivity index (χ2v) is 4.06. The van der Waals surface area contributed by atoms with Crippen LogP contribution in [0.2, 0.25) is 0 Å². The first-order chi connectivity index (χ1) is 8.24. The Morgan fingerprint density at radius 3 is 2.76 bits per heavy atom. The van der Waals surface area contributed by atoms with Crippen molar-refractivity contribution >= 4 is 11.9 Å². The standard InChI is InChI=1S/C10H17N5O2/c1-12-9(16)7-2-4-15(5-3-7)10-14-13-8(6-11)17-10/h7H,2-6,11H2,1H3,(H,12,16). The van der Waals surface area contributed by atoms with Crippen LogP contribution in [0.4, 0.5) is 6.01 Å². The number of nitrogens with zero attached hydrogens (tertiary/aromatic N) is 3. The zero-order chi connectivity index (χ0) is 12.3. The first kappa shape index (κ1) is 11.8. The Kier molecular flexibility index (Phi) is 3.58. The van der Waals surface area contributed by atoms with Gasteiger partial charge >= 0.3 is 6.01 Å². The Hall–Kier alpha value is -1.63. The number of rotatable bonds is 3. The molecule has 0 aliphatic carbocycles. The van der Waals surface area contributed by atoms with E-state index in [2.05, 4.69) is 15.5 Å². The predicted molar refractivity (Wildman–Crippen MR) is 61.2 cm³/mol. The van der Waals surface area contributed by atoms with E-state index in [0.29, 0.717) is 11.9 Å². The molecular formula is C10H17N5O2. The lowest BCUT2D eigenvalue weighted by Gasteiger charge is -2.29. The van der Waals surface area contributed by atoms with Crippen molar-refractivity contribution in [2.75, 3.05) is 25.0 Å². The summed E-state index contributed by atoms with van der Waals surface area (Å²) in [6, 6.07) is 0.501. The molecule has 0 bridgehead atoms. The fraction of sp³-hybridized carbons (Fsp3) is 0.700. The third-order valence-electron chi connectivity index (χ3n) is 3.01. The number of hydrogen-bond acceptors (Lipinski definition) is 6. The van der Waals surface area contributed by atoms with Crippen LogP contribution >= 0.6 is 0 Å². The summed E-state index contributed by atoms with van der Waals surface area (Å²) in [6.45, 7) is 1.76. The summed E-state index contributed by atoms with van der Waals surface area (Å²) in [5.74, 6) is 0.638. The fourth-order valence-corrected chi connectivity index (χ4v) is 1.99. The van der Waals surface area contributed by atoms with E-state index in [1.165, 1.54) is 0 Å². The van der Waals surface area contributed by atoms with Crippen LogP contribution in [0, 0.1) is 5.92 Å². The predicted octanol–water partition coefficient (Wildman–Crippen LogP) is -0.509. The average molecular weight is 239 g/mol. The highest BCUT2D eigenvalue weighted by Gasteiger charge is 2.26. The van der Waals surface area contributed by atoms with Crippen LogP contribution in [0.1, 0.15) is 18.7 Å². The van der Waals surface area contributed by atoms with Crippen molar-refractivity contribution in [1.29, 1.82) is 0 Å². The van der Waals surface area contributed by atoms with Gasteiger partial charge in [0, 0.05) is 26.1 Å². The van der Waals surface area contributed by atoms with Gasteiger partial charge in [-0.2, -0.15) is 0 Å². The number of aromatic nitrogens is 2. The Balaban J connectivity index is 1.92. The van der Waals surface area contributed by atoms with Gasteiger partial charge in [-0.15, -0.1) is 5.10 Å². The highest BCUT2D eigenvalue weighted by Crippen LogP contribution is 2.22. The van der Waals surface area contributed by atoms with Crippen LogP contribution in [0.15, 0.2) is 4.42 Å². The fourth-order valence-electron chi connectivity index (χ4n) is 1.99. The van der Waals surface area contributed by atoms with E-state index in [1.807, 2.05) is 4.90 Å². The number of piperidine rings is 1. The van der Waals surface area contributed by atoms with Gasteiger partial charge < -0.3 is 20.4 Å². The van der Waals surface area contributed by atoms with Crippen molar-refractivity contribution in [2.24, 2.45) is 11.7 Å². The van der Waals surface area contributed by atoms with E-state index in [1.54, 1.807) is 7.05 Å². The maximum absolute atomic E-state index is 11.5. The highest BCUT2D eigenvalue weighted by atomic mass is 16.4. The van der Waals surface area contributed by atoms with Gasteiger partial charge in [-0.3, -0.25) is 4.79 Å². The van der Waals surface area contributed by atoms with Crippen molar-refractivity contribution in [2.45, 2.75) is 19.4 Å². The molecule has 2 heterocycles. The molecule has 1 fully saturated rings. The van der Waals surface area contributed by atoms with Crippen LogP contribution in [0.25, 0.3) is 0 Å². The third kappa shape index (κ3) is 2.55. The number of nitrogens with one attached hydrogen (secondary N) is 1. The molecule has 0 radical (unpaired) electrons. The van der Waals surface area contributed by atoms with E-state index in [9.17, 15) is 4.79 Å². The quantitative estimate of drug-likeness (QED) is 0.737. The minimum Gasteiger partial charge on any atom is -0.407 e. The van der Waals surface area contributed by atoms with Gasteiger partial charge in [0.15, 0.2) is 0 Å². The molecule has 1 aromatic rings. The lowest BCUT2D eigenvalue weighted by atomic mass is 9.96. The van der Waals surface area contributed by atoms with Gasteiger partial charge in [0.05, 0.1) is 6.54 Å². The Bertz CT molecular complexity index is 384. The third-order valence-corrected chi connectivity index (χ3v) is 3.01. The smallest absolute Gasteiger partial charge is 0.318 e. The molecule has 2 rings (SSSR count). The van der Waals surface area contributed by atoms with Gasteiger partial charge in [-0.25, -0.2) is 0 Å². The zero-order valence-corrected chi connectivity index (χ0v) is 9.85. The van der Waals surface area contributed by atoms with Gasteiger partial charge in [0.1, 0.15) is 0 Å². The van der Waals surface area contributed by atoms with Crippen LogP contribution < -0.4 is 16.0 Å². The summed E-state index contributed by atoms with van der Waals surface area (Å²) in [5, 5.41) is 10.4. The highest BCUT2D eigenvalue weighted by molar-refractivity contribution is 5.78. The number of hydrogen-bond donors (Lipinski definition) is 2. The molecule has 0 saturated carbocycles. The molecule has 1 aliphatic rings. The van der Waals surface area contributed by atoms with Crippen LogP contribution in [0.3, 0.4) is 0 Å². The molecule has 17 heavy (non-hydrogen) atoms. The van der Waals surface area contributed by atoms with Crippen LogP contribution in [-0.4, -0.2) is 36.2 Å². The summed E-state index contributed by atoms with van der Waals surface area (Å²) >= 11 is 0. The Labute approximate surface area is 99.4 Å². The van der Waals surface area contributed by atoms with E-state index in [-0.39, 0.29) is 18.4 Å². The summed E-state index contributed by atoms with van der Waals surface area (Å²) in [5.41, 5.74) is 5.40. The van der Waals surface area contributed by atoms with Gasteiger partial charge in [-0.1, -0.05) is 5.10 Å². The van der Waals surface area contributed by atoms with E-state index in [4.69, 9.17) is 10.2 Å². The molecule has 0 aromatic carbocycles. The number of carbonyl (C=O) groups excluding carboxylic acids is 1.